The highest BCUT2D eigenvalue weighted by Gasteiger charge is 2.30. The number of oxime groups is 1. The second kappa shape index (κ2) is 11.1. The lowest BCUT2D eigenvalue weighted by Gasteiger charge is -2.10. The predicted octanol–water partition coefficient (Wildman–Crippen LogP) is 4.39. The first-order valence-electron chi connectivity index (χ1n) is 9.20. The van der Waals surface area contributed by atoms with Gasteiger partial charge < -0.3 is 9.57 Å². The average molecular weight is 409 g/mol. The molecule has 1 aromatic heterocycles. The first-order chi connectivity index (χ1) is 13.9. The summed E-state index contributed by atoms with van der Waals surface area (Å²) in [6.07, 6.45) is 2.15. The van der Waals surface area contributed by atoms with Crippen LogP contribution in [0, 0.1) is 0 Å². The summed E-state index contributed by atoms with van der Waals surface area (Å²) in [4.78, 5) is 24.4. The van der Waals surface area contributed by atoms with Crippen LogP contribution in [0.3, 0.4) is 0 Å². The zero-order chi connectivity index (χ0) is 21.1. The lowest BCUT2D eigenvalue weighted by Crippen LogP contribution is -2.10. The molecule has 0 aliphatic carbocycles. The second-order valence-corrected chi connectivity index (χ2v) is 6.09. The topological polar surface area (TPSA) is 73.7 Å². The van der Waals surface area contributed by atoms with Crippen molar-refractivity contribution >= 4 is 11.7 Å². The van der Waals surface area contributed by atoms with Crippen molar-refractivity contribution in [2.24, 2.45) is 5.16 Å². The van der Waals surface area contributed by atoms with Gasteiger partial charge in [0, 0.05) is 29.9 Å². The highest BCUT2D eigenvalue weighted by molar-refractivity contribution is 6.12. The van der Waals surface area contributed by atoms with E-state index in [1.54, 1.807) is 6.92 Å². The molecule has 9 heteroatoms. The number of nitrogens with zero attached hydrogens (tertiary/aromatic N) is 3. The number of rotatable bonds is 10. The fraction of sp³-hybridized carbons (Fsp3) is 0.400. The molecular formula is C20H22F3N3O3. The molecule has 0 unspecified atom stereocenters. The third-order valence-corrected chi connectivity index (χ3v) is 3.88. The summed E-state index contributed by atoms with van der Waals surface area (Å²) in [5, 5.41) is 4.03. The van der Waals surface area contributed by atoms with Gasteiger partial charge in [0.2, 0.25) is 0 Å². The third kappa shape index (κ3) is 7.52. The zero-order valence-electron chi connectivity index (χ0n) is 16.0. The summed E-state index contributed by atoms with van der Waals surface area (Å²) < 4.78 is 44.0. The molecule has 0 spiro atoms. The quantitative estimate of drug-likeness (QED) is 0.252. The second-order valence-electron chi connectivity index (χ2n) is 6.09. The minimum atomic E-state index is -4.46. The molecule has 0 N–H and O–H groups in total. The van der Waals surface area contributed by atoms with Gasteiger partial charge in [-0.05, 0) is 38.3 Å². The fourth-order valence-electron chi connectivity index (χ4n) is 2.49. The fourth-order valence-corrected chi connectivity index (χ4v) is 2.49. The van der Waals surface area contributed by atoms with Crippen LogP contribution in [0.4, 0.5) is 13.2 Å². The van der Waals surface area contributed by atoms with Gasteiger partial charge in [-0.25, -0.2) is 9.97 Å². The van der Waals surface area contributed by atoms with Crippen LogP contribution in [0.2, 0.25) is 0 Å². The molecule has 1 aromatic carbocycles. The molecular weight excluding hydrogens is 387 g/mol. The molecule has 0 aliphatic rings. The highest BCUT2D eigenvalue weighted by atomic mass is 19.4. The molecule has 0 fully saturated rings. The summed E-state index contributed by atoms with van der Waals surface area (Å²) in [7, 11) is 0. The minimum absolute atomic E-state index is 0.211. The highest BCUT2D eigenvalue weighted by Crippen LogP contribution is 2.30. The van der Waals surface area contributed by atoms with Crippen LogP contribution < -0.4 is 0 Å². The first kappa shape index (κ1) is 22.3. The minimum Gasteiger partial charge on any atom is -0.466 e. The Morgan fingerprint density at radius 2 is 1.86 bits per heavy atom. The van der Waals surface area contributed by atoms with E-state index in [-0.39, 0.29) is 23.9 Å². The van der Waals surface area contributed by atoms with Crippen molar-refractivity contribution in [3.63, 3.8) is 0 Å². The molecule has 0 bridgehead atoms. The van der Waals surface area contributed by atoms with Crippen LogP contribution >= 0.6 is 0 Å². The van der Waals surface area contributed by atoms with Crippen LogP contribution in [0.5, 0.6) is 0 Å². The Morgan fingerprint density at radius 1 is 1.10 bits per heavy atom. The Balaban J connectivity index is 2.02. The van der Waals surface area contributed by atoms with Crippen molar-refractivity contribution in [3.05, 3.63) is 59.7 Å². The van der Waals surface area contributed by atoms with Gasteiger partial charge in [0.1, 0.15) is 18.6 Å². The third-order valence-electron chi connectivity index (χ3n) is 3.88. The van der Waals surface area contributed by atoms with Gasteiger partial charge in [0.15, 0.2) is 0 Å². The molecule has 0 atom stereocenters. The Morgan fingerprint density at radius 3 is 2.55 bits per heavy atom. The maximum atomic E-state index is 13.0. The molecule has 2 aromatic rings. The van der Waals surface area contributed by atoms with E-state index in [2.05, 4.69) is 15.1 Å². The molecule has 6 nitrogen and oxygen atoms in total. The van der Waals surface area contributed by atoms with Gasteiger partial charge in [0.05, 0.1) is 12.2 Å². The molecule has 29 heavy (non-hydrogen) atoms. The van der Waals surface area contributed by atoms with E-state index >= 15 is 0 Å². The van der Waals surface area contributed by atoms with Gasteiger partial charge in [-0.1, -0.05) is 17.3 Å². The van der Waals surface area contributed by atoms with Crippen molar-refractivity contribution in [2.45, 2.75) is 38.8 Å². The van der Waals surface area contributed by atoms with E-state index in [0.29, 0.717) is 31.4 Å². The number of aromatic nitrogens is 2. The molecule has 1 heterocycles. The van der Waals surface area contributed by atoms with Gasteiger partial charge in [0.25, 0.3) is 0 Å². The smallest absolute Gasteiger partial charge is 0.416 e. The van der Waals surface area contributed by atoms with Gasteiger partial charge in [-0.2, -0.15) is 13.2 Å². The summed E-state index contributed by atoms with van der Waals surface area (Å²) in [5.41, 5.74) is 0.118. The number of unbranched alkanes of at least 4 members (excludes halogenated alkanes) is 2. The standard InChI is InChI=1S/C20H22F3N3O3/c1-2-28-18(27)9-4-3-5-10-29-26-19(16-12-24-14-25-13-16)15-7-6-8-17(11-15)20(21,22)23/h6-8,11-14H,2-5,9-10H2,1H3/b26-19-. The van der Waals surface area contributed by atoms with Crippen LogP contribution in [-0.4, -0.2) is 34.9 Å². The number of benzene rings is 1. The van der Waals surface area contributed by atoms with Crippen molar-refractivity contribution < 1.29 is 27.5 Å². The van der Waals surface area contributed by atoms with Gasteiger partial charge in [-0.15, -0.1) is 0 Å². The summed E-state index contributed by atoms with van der Waals surface area (Å²) in [6, 6.07) is 4.83. The molecule has 0 saturated heterocycles. The largest absolute Gasteiger partial charge is 0.466 e. The van der Waals surface area contributed by atoms with E-state index in [4.69, 9.17) is 9.57 Å². The van der Waals surface area contributed by atoms with E-state index in [1.165, 1.54) is 30.9 Å². The van der Waals surface area contributed by atoms with Gasteiger partial charge >= 0.3 is 12.1 Å². The number of carbonyl (C=O) groups is 1. The van der Waals surface area contributed by atoms with Crippen LogP contribution in [0.15, 0.2) is 48.1 Å². The predicted molar refractivity (Wildman–Crippen MR) is 100 cm³/mol. The van der Waals surface area contributed by atoms with Gasteiger partial charge in [-0.3, -0.25) is 4.79 Å². The van der Waals surface area contributed by atoms with E-state index in [9.17, 15) is 18.0 Å². The monoisotopic (exact) mass is 409 g/mol. The van der Waals surface area contributed by atoms with Crippen molar-refractivity contribution in [1.29, 1.82) is 0 Å². The number of esters is 1. The average Bonchev–Trinajstić information content (AvgIpc) is 2.70. The van der Waals surface area contributed by atoms with Crippen molar-refractivity contribution in [2.75, 3.05) is 13.2 Å². The SMILES string of the molecule is CCOC(=O)CCCCCO/N=C(\c1cncnc1)c1cccc(C(F)(F)F)c1. The van der Waals surface area contributed by atoms with E-state index < -0.39 is 11.7 Å². The lowest BCUT2D eigenvalue weighted by atomic mass is 10.0. The Hall–Kier alpha value is -2.97. The Bertz CT molecular complexity index is 811. The van der Waals surface area contributed by atoms with Crippen LogP contribution in [0.1, 0.15) is 49.3 Å². The number of hydrogen-bond donors (Lipinski definition) is 0. The molecule has 0 aliphatic heterocycles. The lowest BCUT2D eigenvalue weighted by molar-refractivity contribution is -0.143. The Kier molecular flexibility index (Phi) is 8.57. The maximum absolute atomic E-state index is 13.0. The number of hydrogen-bond acceptors (Lipinski definition) is 6. The molecule has 156 valence electrons. The zero-order valence-corrected chi connectivity index (χ0v) is 16.0. The number of halogens is 3. The number of ether oxygens (including phenoxy) is 1. The molecule has 0 radical (unpaired) electrons. The molecule has 2 rings (SSSR count). The summed E-state index contributed by atoms with van der Waals surface area (Å²) in [6.45, 7) is 2.38. The summed E-state index contributed by atoms with van der Waals surface area (Å²) in [5.74, 6) is -0.234. The molecule has 0 saturated carbocycles. The molecule has 0 amide bonds. The first-order valence-corrected chi connectivity index (χ1v) is 9.20. The summed E-state index contributed by atoms with van der Waals surface area (Å²) >= 11 is 0. The number of alkyl halides is 3. The van der Waals surface area contributed by atoms with E-state index in [0.717, 1.165) is 18.6 Å². The van der Waals surface area contributed by atoms with Crippen molar-refractivity contribution in [1.82, 2.24) is 9.97 Å². The normalized spacial score (nSPS) is 11.9. The Labute approximate surface area is 166 Å². The number of carbonyl (C=O) groups excluding carboxylic acids is 1. The van der Waals surface area contributed by atoms with Crippen LogP contribution in [-0.2, 0) is 20.5 Å². The van der Waals surface area contributed by atoms with Crippen molar-refractivity contribution in [3.8, 4) is 0 Å². The van der Waals surface area contributed by atoms with Crippen LogP contribution in [0.25, 0.3) is 0 Å². The van der Waals surface area contributed by atoms with E-state index in [1.807, 2.05) is 0 Å². The maximum Gasteiger partial charge on any atom is 0.416 e.